The number of ether oxygens (including phenoxy) is 1. The van der Waals surface area contributed by atoms with Gasteiger partial charge in [0.1, 0.15) is 5.75 Å². The average molecular weight is 242 g/mol. The first kappa shape index (κ1) is 13.3. The predicted octanol–water partition coefficient (Wildman–Crippen LogP) is 2.95. The van der Waals surface area contributed by atoms with Crippen molar-refractivity contribution in [1.82, 2.24) is 5.32 Å². The van der Waals surface area contributed by atoms with Crippen LogP contribution in [0.25, 0.3) is 0 Å². The third-order valence-corrected chi connectivity index (χ3v) is 3.19. The van der Waals surface area contributed by atoms with Crippen LogP contribution >= 0.6 is 11.6 Å². The summed E-state index contributed by atoms with van der Waals surface area (Å²) in [7, 11) is 1.73. The number of benzene rings is 1. The van der Waals surface area contributed by atoms with Crippen LogP contribution in [0.1, 0.15) is 22.3 Å². The molecule has 1 aromatic carbocycles. The highest BCUT2D eigenvalue weighted by Crippen LogP contribution is 2.28. The van der Waals surface area contributed by atoms with Gasteiger partial charge in [0.25, 0.3) is 0 Å². The van der Waals surface area contributed by atoms with Crippen molar-refractivity contribution in [2.45, 2.75) is 27.2 Å². The van der Waals surface area contributed by atoms with Crippen LogP contribution in [-0.4, -0.2) is 19.7 Å². The van der Waals surface area contributed by atoms with Gasteiger partial charge in [-0.05, 0) is 49.4 Å². The second kappa shape index (κ2) is 6.12. The first-order valence-electron chi connectivity index (χ1n) is 5.52. The Balaban J connectivity index is 2.94. The molecule has 0 heterocycles. The zero-order valence-corrected chi connectivity index (χ0v) is 11.2. The topological polar surface area (TPSA) is 21.3 Å². The molecule has 90 valence electrons. The molecule has 0 saturated carbocycles. The summed E-state index contributed by atoms with van der Waals surface area (Å²) in [6.45, 7) is 7.26. The monoisotopic (exact) mass is 241 g/mol. The highest BCUT2D eigenvalue weighted by Gasteiger charge is 2.09. The molecule has 0 aromatic heterocycles. The quantitative estimate of drug-likeness (QED) is 0.486. The Labute approximate surface area is 103 Å². The van der Waals surface area contributed by atoms with Gasteiger partial charge in [-0.2, -0.15) is 0 Å². The molecule has 1 rings (SSSR count). The number of rotatable bonds is 5. The average Bonchev–Trinajstić information content (AvgIpc) is 2.26. The number of halogens is 1. The smallest absolute Gasteiger partial charge is 0.124 e. The van der Waals surface area contributed by atoms with Gasteiger partial charge in [-0.1, -0.05) is 6.07 Å². The zero-order chi connectivity index (χ0) is 12.1. The van der Waals surface area contributed by atoms with Gasteiger partial charge in [-0.3, -0.25) is 0 Å². The number of nitrogens with one attached hydrogen (secondary N) is 1. The van der Waals surface area contributed by atoms with Gasteiger partial charge in [0.05, 0.1) is 13.1 Å². The summed E-state index contributed by atoms with van der Waals surface area (Å²) < 4.78 is 5.40. The Bertz CT molecular complexity index is 363. The Kier molecular flexibility index (Phi) is 5.10. The summed E-state index contributed by atoms with van der Waals surface area (Å²) in [5.74, 6) is 1.01. The van der Waals surface area contributed by atoms with Gasteiger partial charge in [0, 0.05) is 6.54 Å². The normalized spacial score (nSPS) is 10.6. The molecular formula is C13H20ClNO. The van der Waals surface area contributed by atoms with Crippen LogP contribution in [0, 0.1) is 20.8 Å². The summed E-state index contributed by atoms with van der Waals surface area (Å²) in [6, 6.07) is 2.71. The van der Waals surface area contributed by atoms with E-state index in [1.807, 2.05) is 0 Å². The summed E-state index contributed by atoms with van der Waals surface area (Å²) in [5.41, 5.74) is 5.13. The van der Waals surface area contributed by atoms with E-state index in [4.69, 9.17) is 16.3 Å². The molecule has 0 radical (unpaired) electrons. The number of aryl methyl sites for hydroxylation is 1. The van der Waals surface area contributed by atoms with E-state index < -0.39 is 0 Å². The minimum Gasteiger partial charge on any atom is -0.496 e. The Morgan fingerprint density at radius 1 is 1.25 bits per heavy atom. The summed E-state index contributed by atoms with van der Waals surface area (Å²) in [6.07, 6.45) is 1.00. The minimum atomic E-state index is 0.507. The molecule has 0 aliphatic heterocycles. The maximum atomic E-state index is 5.59. The lowest BCUT2D eigenvalue weighted by Crippen LogP contribution is -2.15. The lowest BCUT2D eigenvalue weighted by atomic mass is 9.96. The van der Waals surface area contributed by atoms with E-state index in [2.05, 4.69) is 32.2 Å². The third kappa shape index (κ3) is 2.89. The molecule has 1 N–H and O–H groups in total. The van der Waals surface area contributed by atoms with Crippen molar-refractivity contribution in [2.24, 2.45) is 0 Å². The van der Waals surface area contributed by atoms with Gasteiger partial charge < -0.3 is 10.1 Å². The molecular weight excluding hydrogens is 222 g/mol. The van der Waals surface area contributed by atoms with Crippen LogP contribution in [0.3, 0.4) is 0 Å². The first-order valence-corrected chi connectivity index (χ1v) is 6.05. The van der Waals surface area contributed by atoms with Crippen LogP contribution in [0.15, 0.2) is 6.07 Å². The van der Waals surface area contributed by atoms with Gasteiger partial charge in [-0.15, -0.1) is 11.6 Å². The highest BCUT2D eigenvalue weighted by atomic mass is 35.5. The summed E-state index contributed by atoms with van der Waals surface area (Å²) >= 11 is 5.59. The van der Waals surface area contributed by atoms with Gasteiger partial charge in [-0.25, -0.2) is 0 Å². The van der Waals surface area contributed by atoms with E-state index in [0.29, 0.717) is 6.00 Å². The minimum absolute atomic E-state index is 0.507. The largest absolute Gasteiger partial charge is 0.496 e. The molecule has 16 heavy (non-hydrogen) atoms. The van der Waals surface area contributed by atoms with Crippen molar-refractivity contribution in [3.63, 3.8) is 0 Å². The molecule has 0 bridgehead atoms. The molecule has 0 unspecified atom stereocenters. The molecule has 0 saturated heterocycles. The molecule has 0 aliphatic rings. The lowest BCUT2D eigenvalue weighted by molar-refractivity contribution is 0.408. The predicted molar refractivity (Wildman–Crippen MR) is 69.6 cm³/mol. The van der Waals surface area contributed by atoms with Crippen molar-refractivity contribution in [1.29, 1.82) is 0 Å². The molecule has 0 amide bonds. The molecule has 0 spiro atoms. The van der Waals surface area contributed by atoms with E-state index in [1.54, 1.807) is 7.11 Å². The Hall–Kier alpha value is -0.730. The molecule has 0 atom stereocenters. The second-order valence-corrected chi connectivity index (χ2v) is 4.29. The van der Waals surface area contributed by atoms with Gasteiger partial charge in [0.15, 0.2) is 0 Å². The standard InChI is InChI=1S/C13H20ClNO/c1-9-7-12(5-6-15-8-14)10(2)11(3)13(9)16-4/h7,15H,5-6,8H2,1-4H3. The molecule has 2 nitrogen and oxygen atoms in total. The number of alkyl halides is 1. The van der Waals surface area contributed by atoms with Gasteiger partial charge in [0.2, 0.25) is 0 Å². The van der Waals surface area contributed by atoms with E-state index in [9.17, 15) is 0 Å². The van der Waals surface area contributed by atoms with Crippen molar-refractivity contribution in [3.8, 4) is 5.75 Å². The number of hydrogen-bond donors (Lipinski definition) is 1. The van der Waals surface area contributed by atoms with Crippen molar-refractivity contribution in [3.05, 3.63) is 28.3 Å². The maximum Gasteiger partial charge on any atom is 0.124 e. The highest BCUT2D eigenvalue weighted by molar-refractivity contribution is 6.17. The van der Waals surface area contributed by atoms with Crippen LogP contribution in [0.2, 0.25) is 0 Å². The molecule has 1 aromatic rings. The first-order chi connectivity index (χ1) is 7.61. The Morgan fingerprint density at radius 2 is 1.94 bits per heavy atom. The van der Waals surface area contributed by atoms with E-state index in [1.165, 1.54) is 22.3 Å². The van der Waals surface area contributed by atoms with Crippen molar-refractivity contribution >= 4 is 11.6 Å². The number of hydrogen-bond acceptors (Lipinski definition) is 2. The van der Waals surface area contributed by atoms with E-state index in [0.717, 1.165) is 18.7 Å². The molecule has 0 fully saturated rings. The van der Waals surface area contributed by atoms with Crippen LogP contribution in [0.5, 0.6) is 5.75 Å². The molecule has 0 aliphatic carbocycles. The van der Waals surface area contributed by atoms with Crippen LogP contribution in [-0.2, 0) is 6.42 Å². The fourth-order valence-electron chi connectivity index (χ4n) is 2.01. The Morgan fingerprint density at radius 3 is 2.50 bits per heavy atom. The fourth-order valence-corrected chi connectivity index (χ4v) is 2.14. The van der Waals surface area contributed by atoms with Crippen molar-refractivity contribution in [2.75, 3.05) is 19.7 Å². The zero-order valence-electron chi connectivity index (χ0n) is 10.5. The fraction of sp³-hybridized carbons (Fsp3) is 0.538. The van der Waals surface area contributed by atoms with Crippen LogP contribution in [0.4, 0.5) is 0 Å². The number of methoxy groups -OCH3 is 1. The van der Waals surface area contributed by atoms with E-state index >= 15 is 0 Å². The maximum absolute atomic E-state index is 5.59. The van der Waals surface area contributed by atoms with Crippen molar-refractivity contribution < 1.29 is 4.74 Å². The molecule has 3 heteroatoms. The lowest BCUT2D eigenvalue weighted by Gasteiger charge is -2.15. The summed E-state index contributed by atoms with van der Waals surface area (Å²) in [5, 5.41) is 3.13. The van der Waals surface area contributed by atoms with Gasteiger partial charge >= 0.3 is 0 Å². The van der Waals surface area contributed by atoms with E-state index in [-0.39, 0.29) is 0 Å². The summed E-state index contributed by atoms with van der Waals surface area (Å²) in [4.78, 5) is 0. The van der Waals surface area contributed by atoms with Crippen LogP contribution < -0.4 is 10.1 Å². The second-order valence-electron chi connectivity index (χ2n) is 4.02. The third-order valence-electron chi connectivity index (χ3n) is 3.00. The SMILES string of the molecule is COc1c(C)cc(CCNCCl)c(C)c1C.